The molecule has 0 fully saturated rings. The summed E-state index contributed by atoms with van der Waals surface area (Å²) >= 11 is 0. The zero-order valence-corrected chi connectivity index (χ0v) is 14.6. The molecule has 0 aliphatic carbocycles. The fraction of sp³-hybridized carbons (Fsp3) is 0.200. The van der Waals surface area contributed by atoms with Crippen molar-refractivity contribution in [1.29, 1.82) is 0 Å². The molecule has 27 heavy (non-hydrogen) atoms. The number of hydrogen-bond acceptors (Lipinski definition) is 4. The second kappa shape index (κ2) is 7.41. The van der Waals surface area contributed by atoms with Crippen LogP contribution in [0.3, 0.4) is 0 Å². The Morgan fingerprint density at radius 2 is 1.85 bits per heavy atom. The first-order valence-corrected chi connectivity index (χ1v) is 8.75. The summed E-state index contributed by atoms with van der Waals surface area (Å²) in [6, 6.07) is 17.9. The summed E-state index contributed by atoms with van der Waals surface area (Å²) in [5.41, 5.74) is 0.606. The van der Waals surface area contributed by atoms with Gasteiger partial charge >= 0.3 is 0 Å². The van der Waals surface area contributed by atoms with Crippen molar-refractivity contribution in [2.45, 2.75) is 12.5 Å². The van der Waals surface area contributed by atoms with Gasteiger partial charge in [-0.2, -0.15) is 0 Å². The number of para-hydroxylation sites is 3. The van der Waals surface area contributed by atoms with Crippen LogP contribution in [0.5, 0.6) is 11.5 Å². The Balaban J connectivity index is 1.33. The molecule has 1 amide bonds. The molecule has 0 saturated carbocycles. The number of aromatic nitrogens is 2. The first-order valence-electron chi connectivity index (χ1n) is 8.75. The molecule has 138 valence electrons. The van der Waals surface area contributed by atoms with Crippen LogP contribution in [0.15, 0.2) is 65.5 Å². The van der Waals surface area contributed by atoms with Gasteiger partial charge in [0.25, 0.3) is 11.5 Å². The van der Waals surface area contributed by atoms with Gasteiger partial charge in [0.05, 0.1) is 5.69 Å². The van der Waals surface area contributed by atoms with Gasteiger partial charge in [-0.05, 0) is 24.3 Å². The average molecular weight is 365 g/mol. The molecule has 0 spiro atoms. The fourth-order valence-electron chi connectivity index (χ4n) is 2.93. The summed E-state index contributed by atoms with van der Waals surface area (Å²) in [4.78, 5) is 24.4. The van der Waals surface area contributed by atoms with Crippen LogP contribution in [0.2, 0.25) is 0 Å². The van der Waals surface area contributed by atoms with Crippen LogP contribution in [0.1, 0.15) is 16.9 Å². The Hall–Kier alpha value is -3.48. The van der Waals surface area contributed by atoms with Gasteiger partial charge in [-0.3, -0.25) is 14.7 Å². The van der Waals surface area contributed by atoms with E-state index in [2.05, 4.69) is 10.4 Å². The van der Waals surface area contributed by atoms with E-state index in [0.717, 1.165) is 5.75 Å². The van der Waals surface area contributed by atoms with E-state index in [1.54, 1.807) is 12.1 Å². The van der Waals surface area contributed by atoms with Crippen LogP contribution >= 0.6 is 0 Å². The van der Waals surface area contributed by atoms with E-state index in [1.807, 2.05) is 42.5 Å². The lowest BCUT2D eigenvalue weighted by Gasteiger charge is -2.26. The monoisotopic (exact) mass is 365 g/mol. The molecule has 1 atom stereocenters. The molecule has 0 unspecified atom stereocenters. The molecule has 3 aromatic rings. The van der Waals surface area contributed by atoms with Crippen molar-refractivity contribution in [3.05, 3.63) is 76.7 Å². The van der Waals surface area contributed by atoms with Crippen LogP contribution < -0.4 is 20.3 Å². The number of nitrogens with zero attached hydrogens (tertiary/aromatic N) is 1. The zero-order valence-electron chi connectivity index (χ0n) is 14.6. The summed E-state index contributed by atoms with van der Waals surface area (Å²) in [7, 11) is 0. The average Bonchev–Trinajstić information content (AvgIpc) is 3.10. The van der Waals surface area contributed by atoms with Crippen LogP contribution in [-0.2, 0) is 0 Å². The quantitative estimate of drug-likeness (QED) is 0.725. The highest BCUT2D eigenvalue weighted by molar-refractivity contribution is 5.92. The molecule has 1 aromatic heterocycles. The van der Waals surface area contributed by atoms with E-state index >= 15 is 0 Å². The molecule has 1 aliphatic heterocycles. The predicted octanol–water partition coefficient (Wildman–Crippen LogP) is 2.13. The van der Waals surface area contributed by atoms with Gasteiger partial charge in [0.2, 0.25) is 0 Å². The zero-order chi connectivity index (χ0) is 18.6. The number of carbonyl (C=O) groups is 1. The number of fused-ring (bicyclic) bond motifs is 1. The van der Waals surface area contributed by atoms with Gasteiger partial charge in [0.15, 0.2) is 11.5 Å². The molecular weight excluding hydrogens is 346 g/mol. The van der Waals surface area contributed by atoms with Crippen LogP contribution in [0.4, 0.5) is 0 Å². The highest BCUT2D eigenvalue weighted by Crippen LogP contribution is 2.31. The molecule has 2 aromatic carbocycles. The molecule has 2 N–H and O–H groups in total. The van der Waals surface area contributed by atoms with E-state index in [0.29, 0.717) is 31.0 Å². The first-order chi connectivity index (χ1) is 13.2. The second-order valence-corrected chi connectivity index (χ2v) is 6.22. The number of H-pyrrole nitrogens is 1. The van der Waals surface area contributed by atoms with Gasteiger partial charge in [0, 0.05) is 19.0 Å². The highest BCUT2D eigenvalue weighted by atomic mass is 16.6. The third kappa shape index (κ3) is 3.72. The summed E-state index contributed by atoms with van der Waals surface area (Å²) in [6.45, 7) is 0.849. The van der Waals surface area contributed by atoms with Crippen LogP contribution in [0.25, 0.3) is 5.69 Å². The van der Waals surface area contributed by atoms with E-state index in [-0.39, 0.29) is 23.3 Å². The van der Waals surface area contributed by atoms with E-state index in [1.165, 1.54) is 10.7 Å². The summed E-state index contributed by atoms with van der Waals surface area (Å²) in [5, 5.41) is 5.64. The highest BCUT2D eigenvalue weighted by Gasteiger charge is 2.20. The third-order valence-electron chi connectivity index (χ3n) is 4.30. The van der Waals surface area contributed by atoms with E-state index in [9.17, 15) is 9.59 Å². The maximum atomic E-state index is 12.3. The molecule has 0 saturated heterocycles. The molecule has 0 bridgehead atoms. The molecule has 7 heteroatoms. The Labute approximate surface area is 155 Å². The van der Waals surface area contributed by atoms with Gasteiger partial charge in [0.1, 0.15) is 18.4 Å². The van der Waals surface area contributed by atoms with Crippen molar-refractivity contribution in [3.8, 4) is 17.2 Å². The third-order valence-corrected chi connectivity index (χ3v) is 4.30. The largest absolute Gasteiger partial charge is 0.486 e. The second-order valence-electron chi connectivity index (χ2n) is 6.22. The topological polar surface area (TPSA) is 85.3 Å². The minimum absolute atomic E-state index is 0.131. The van der Waals surface area contributed by atoms with Crippen molar-refractivity contribution in [2.24, 2.45) is 0 Å². The normalized spacial score (nSPS) is 15.3. The lowest BCUT2D eigenvalue weighted by atomic mass is 10.2. The van der Waals surface area contributed by atoms with Crippen molar-refractivity contribution < 1.29 is 14.3 Å². The number of benzene rings is 2. The Morgan fingerprint density at radius 3 is 2.67 bits per heavy atom. The molecule has 7 nitrogen and oxygen atoms in total. The number of aromatic amines is 1. The smallest absolute Gasteiger partial charge is 0.271 e. The molecule has 0 radical (unpaired) electrons. The predicted molar refractivity (Wildman–Crippen MR) is 99.7 cm³/mol. The molecule has 4 rings (SSSR count). The summed E-state index contributed by atoms with van der Waals surface area (Å²) in [5.74, 6) is 1.11. The minimum atomic E-state index is -0.334. The van der Waals surface area contributed by atoms with Gasteiger partial charge in [-0.1, -0.05) is 30.3 Å². The maximum Gasteiger partial charge on any atom is 0.271 e. The lowest BCUT2D eigenvalue weighted by molar-refractivity contribution is 0.0811. The number of rotatable bonds is 5. The SMILES string of the molecule is O=C(NCC[C@H]1COc2ccccc2O1)c1cc(=O)n(-c2ccccc2)[nH]1. The maximum absolute atomic E-state index is 12.3. The number of nitrogens with one attached hydrogen (secondary N) is 2. The van der Waals surface area contributed by atoms with Crippen LogP contribution in [-0.4, -0.2) is 34.9 Å². The van der Waals surface area contributed by atoms with Crippen molar-refractivity contribution in [2.75, 3.05) is 13.2 Å². The van der Waals surface area contributed by atoms with Crippen molar-refractivity contribution in [3.63, 3.8) is 0 Å². The first kappa shape index (κ1) is 17.0. The van der Waals surface area contributed by atoms with Gasteiger partial charge in [-0.15, -0.1) is 0 Å². The molecular formula is C20H19N3O4. The number of carbonyl (C=O) groups excluding carboxylic acids is 1. The molecule has 1 aliphatic rings. The Morgan fingerprint density at radius 1 is 1.11 bits per heavy atom. The Bertz CT molecular complexity index is 994. The number of ether oxygens (including phenoxy) is 2. The van der Waals surface area contributed by atoms with E-state index < -0.39 is 0 Å². The van der Waals surface area contributed by atoms with Crippen LogP contribution in [0, 0.1) is 0 Å². The Kier molecular flexibility index (Phi) is 4.65. The van der Waals surface area contributed by atoms with E-state index in [4.69, 9.17) is 9.47 Å². The number of amides is 1. The fourth-order valence-corrected chi connectivity index (χ4v) is 2.93. The summed E-state index contributed by atoms with van der Waals surface area (Å²) < 4.78 is 12.9. The summed E-state index contributed by atoms with van der Waals surface area (Å²) in [6.07, 6.45) is 0.470. The van der Waals surface area contributed by atoms with Crippen molar-refractivity contribution >= 4 is 5.91 Å². The van der Waals surface area contributed by atoms with Gasteiger partial charge in [-0.25, -0.2) is 4.68 Å². The minimum Gasteiger partial charge on any atom is -0.486 e. The standard InChI is InChI=1S/C20H19N3O4/c24-19-12-16(22-23(19)14-6-2-1-3-7-14)20(25)21-11-10-15-13-26-17-8-4-5-9-18(17)27-15/h1-9,12,15,22H,10-11,13H2,(H,21,25)/t15-/m0/s1. The van der Waals surface area contributed by atoms with Gasteiger partial charge < -0.3 is 14.8 Å². The van der Waals surface area contributed by atoms with Crippen molar-refractivity contribution in [1.82, 2.24) is 15.1 Å². The number of hydrogen-bond donors (Lipinski definition) is 2. The molecule has 2 heterocycles. The lowest BCUT2D eigenvalue weighted by Crippen LogP contribution is -2.34.